The molecule has 0 saturated heterocycles. The summed E-state index contributed by atoms with van der Waals surface area (Å²) >= 11 is 0. The number of carbonyl (C=O) groups excluding carboxylic acids is 1. The molecule has 0 saturated carbocycles. The van der Waals surface area contributed by atoms with Gasteiger partial charge in [0.1, 0.15) is 13.2 Å². The lowest BCUT2D eigenvalue weighted by molar-refractivity contribution is -0.115. The van der Waals surface area contributed by atoms with Crippen molar-refractivity contribution < 1.29 is 14.3 Å². The van der Waals surface area contributed by atoms with Crippen molar-refractivity contribution in [2.24, 2.45) is 0 Å². The molecule has 0 fully saturated rings. The van der Waals surface area contributed by atoms with E-state index < -0.39 is 0 Å². The number of hydrogen-bond acceptors (Lipinski definition) is 4. The third-order valence-corrected chi connectivity index (χ3v) is 4.08. The Balaban J connectivity index is 1.51. The van der Waals surface area contributed by atoms with Crippen LogP contribution in [0.4, 0.5) is 5.69 Å². The van der Waals surface area contributed by atoms with Crippen molar-refractivity contribution in [3.8, 4) is 11.5 Å². The quantitative estimate of drug-likeness (QED) is 0.777. The molecule has 1 aliphatic heterocycles. The maximum atomic E-state index is 12.4. The topological polar surface area (TPSA) is 76.2 Å². The zero-order valence-corrected chi connectivity index (χ0v) is 13.3. The number of anilines is 1. The molecule has 0 aliphatic carbocycles. The molecular formula is C18H17N3O3. The van der Waals surface area contributed by atoms with Gasteiger partial charge in [0.2, 0.25) is 5.91 Å². The van der Waals surface area contributed by atoms with Gasteiger partial charge in [-0.1, -0.05) is 0 Å². The minimum absolute atomic E-state index is 0.0753. The molecule has 1 aliphatic rings. The summed E-state index contributed by atoms with van der Waals surface area (Å²) in [7, 11) is 0. The summed E-state index contributed by atoms with van der Waals surface area (Å²) in [4.78, 5) is 12.4. The number of aromatic nitrogens is 2. The zero-order chi connectivity index (χ0) is 16.5. The molecule has 2 heterocycles. The summed E-state index contributed by atoms with van der Waals surface area (Å²) in [5.41, 5.74) is 3.58. The number of carbonyl (C=O) groups is 1. The van der Waals surface area contributed by atoms with Crippen LogP contribution in [0.3, 0.4) is 0 Å². The van der Waals surface area contributed by atoms with Gasteiger partial charge in [-0.15, -0.1) is 0 Å². The first-order valence-electron chi connectivity index (χ1n) is 7.81. The molecule has 0 unspecified atom stereocenters. The number of H-pyrrole nitrogens is 1. The van der Waals surface area contributed by atoms with Crippen LogP contribution in [0.1, 0.15) is 11.1 Å². The van der Waals surface area contributed by atoms with Crippen LogP contribution in [0.5, 0.6) is 11.5 Å². The molecule has 2 N–H and O–H groups in total. The van der Waals surface area contributed by atoms with E-state index in [-0.39, 0.29) is 12.3 Å². The smallest absolute Gasteiger partial charge is 0.228 e. The van der Waals surface area contributed by atoms with E-state index in [1.165, 1.54) is 0 Å². The van der Waals surface area contributed by atoms with E-state index in [0.717, 1.165) is 33.5 Å². The van der Waals surface area contributed by atoms with Gasteiger partial charge >= 0.3 is 0 Å². The number of rotatable bonds is 3. The molecule has 2 aromatic carbocycles. The highest BCUT2D eigenvalue weighted by Gasteiger charge is 2.16. The minimum atomic E-state index is -0.0753. The molecule has 122 valence electrons. The Morgan fingerprint density at radius 3 is 2.83 bits per heavy atom. The lowest BCUT2D eigenvalue weighted by Gasteiger charge is -2.20. The summed E-state index contributed by atoms with van der Waals surface area (Å²) in [6.45, 7) is 3.06. The second kappa shape index (κ2) is 5.88. The predicted molar refractivity (Wildman–Crippen MR) is 90.6 cm³/mol. The molecule has 6 heteroatoms. The number of amides is 1. The fourth-order valence-corrected chi connectivity index (χ4v) is 2.82. The van der Waals surface area contributed by atoms with Gasteiger partial charge in [0, 0.05) is 11.1 Å². The van der Waals surface area contributed by atoms with Gasteiger partial charge in [0.25, 0.3) is 0 Å². The van der Waals surface area contributed by atoms with E-state index in [9.17, 15) is 4.79 Å². The minimum Gasteiger partial charge on any atom is -0.486 e. The fraction of sp³-hybridized carbons (Fsp3) is 0.222. The first kappa shape index (κ1) is 14.6. The summed E-state index contributed by atoms with van der Waals surface area (Å²) < 4.78 is 11.1. The SMILES string of the molecule is Cc1cc2c(cc1CC(=O)Nc1ccc3cn[nH]c3c1)OCCO2. The summed E-state index contributed by atoms with van der Waals surface area (Å²) in [5.74, 6) is 1.37. The van der Waals surface area contributed by atoms with Crippen molar-refractivity contribution in [3.05, 3.63) is 47.7 Å². The van der Waals surface area contributed by atoms with Crippen molar-refractivity contribution in [2.45, 2.75) is 13.3 Å². The Bertz CT molecular complexity index is 917. The maximum Gasteiger partial charge on any atom is 0.228 e. The normalized spacial score (nSPS) is 13.0. The molecule has 1 aromatic heterocycles. The third-order valence-electron chi connectivity index (χ3n) is 4.08. The van der Waals surface area contributed by atoms with Crippen molar-refractivity contribution in [1.82, 2.24) is 10.2 Å². The summed E-state index contributed by atoms with van der Waals surface area (Å²) in [6.07, 6.45) is 2.03. The van der Waals surface area contributed by atoms with Crippen molar-refractivity contribution in [1.29, 1.82) is 0 Å². The highest BCUT2D eigenvalue weighted by molar-refractivity contribution is 5.94. The van der Waals surface area contributed by atoms with Gasteiger partial charge in [0.05, 0.1) is 18.1 Å². The van der Waals surface area contributed by atoms with Crippen LogP contribution in [0.25, 0.3) is 10.9 Å². The number of nitrogens with one attached hydrogen (secondary N) is 2. The Morgan fingerprint density at radius 2 is 2.00 bits per heavy atom. The Labute approximate surface area is 138 Å². The maximum absolute atomic E-state index is 12.4. The number of hydrogen-bond donors (Lipinski definition) is 2. The molecule has 4 rings (SSSR count). The highest BCUT2D eigenvalue weighted by atomic mass is 16.6. The largest absolute Gasteiger partial charge is 0.486 e. The van der Waals surface area contributed by atoms with E-state index in [0.29, 0.717) is 19.0 Å². The standard InChI is InChI=1S/C18H17N3O3/c1-11-6-16-17(24-5-4-23-16)7-13(11)8-18(22)20-14-3-2-12-10-19-21-15(12)9-14/h2-3,6-7,9-10H,4-5,8H2,1H3,(H,19,21)(H,20,22). The highest BCUT2D eigenvalue weighted by Crippen LogP contribution is 2.33. The van der Waals surface area contributed by atoms with Gasteiger partial charge in [-0.05, 0) is 48.4 Å². The molecule has 24 heavy (non-hydrogen) atoms. The van der Waals surface area contributed by atoms with E-state index in [1.54, 1.807) is 6.20 Å². The second-order valence-electron chi connectivity index (χ2n) is 5.82. The molecule has 0 atom stereocenters. The van der Waals surface area contributed by atoms with Gasteiger partial charge in [-0.3, -0.25) is 9.89 Å². The van der Waals surface area contributed by atoms with Crippen LogP contribution < -0.4 is 14.8 Å². The van der Waals surface area contributed by atoms with Crippen LogP contribution in [0.2, 0.25) is 0 Å². The second-order valence-corrected chi connectivity index (χ2v) is 5.82. The molecule has 3 aromatic rings. The number of nitrogens with zero attached hydrogens (tertiary/aromatic N) is 1. The van der Waals surface area contributed by atoms with Crippen molar-refractivity contribution >= 4 is 22.5 Å². The molecule has 0 radical (unpaired) electrons. The number of aromatic amines is 1. The van der Waals surface area contributed by atoms with Gasteiger partial charge in [-0.2, -0.15) is 5.10 Å². The van der Waals surface area contributed by atoms with Crippen LogP contribution in [0.15, 0.2) is 36.5 Å². The predicted octanol–water partition coefficient (Wildman–Crippen LogP) is 2.82. The van der Waals surface area contributed by atoms with Crippen LogP contribution in [-0.2, 0) is 11.2 Å². The van der Waals surface area contributed by atoms with E-state index >= 15 is 0 Å². The van der Waals surface area contributed by atoms with E-state index in [2.05, 4.69) is 15.5 Å². The van der Waals surface area contributed by atoms with E-state index in [4.69, 9.17) is 9.47 Å². The first-order valence-corrected chi connectivity index (χ1v) is 7.81. The average molecular weight is 323 g/mol. The summed E-state index contributed by atoms with van der Waals surface area (Å²) in [5, 5.41) is 10.8. The zero-order valence-electron chi connectivity index (χ0n) is 13.3. The number of fused-ring (bicyclic) bond motifs is 2. The number of aryl methyl sites for hydroxylation is 1. The number of ether oxygens (including phenoxy) is 2. The molecule has 1 amide bonds. The lowest BCUT2D eigenvalue weighted by Crippen LogP contribution is -2.18. The van der Waals surface area contributed by atoms with Crippen LogP contribution >= 0.6 is 0 Å². The Morgan fingerprint density at radius 1 is 1.21 bits per heavy atom. The molecule has 6 nitrogen and oxygen atoms in total. The third kappa shape index (κ3) is 2.78. The fourth-order valence-electron chi connectivity index (χ4n) is 2.82. The van der Waals surface area contributed by atoms with Gasteiger partial charge < -0.3 is 14.8 Å². The van der Waals surface area contributed by atoms with Crippen molar-refractivity contribution in [2.75, 3.05) is 18.5 Å². The Kier molecular flexibility index (Phi) is 3.57. The van der Waals surface area contributed by atoms with Crippen molar-refractivity contribution in [3.63, 3.8) is 0 Å². The summed E-state index contributed by atoms with van der Waals surface area (Å²) in [6, 6.07) is 9.47. The molecular weight excluding hydrogens is 306 g/mol. The van der Waals surface area contributed by atoms with Crippen LogP contribution in [0, 0.1) is 6.92 Å². The van der Waals surface area contributed by atoms with Crippen LogP contribution in [-0.4, -0.2) is 29.3 Å². The van der Waals surface area contributed by atoms with Gasteiger partial charge in [0.15, 0.2) is 11.5 Å². The molecule has 0 spiro atoms. The monoisotopic (exact) mass is 323 g/mol. The Hall–Kier alpha value is -3.02. The average Bonchev–Trinajstić information content (AvgIpc) is 3.03. The molecule has 0 bridgehead atoms. The first-order chi connectivity index (χ1) is 11.7. The van der Waals surface area contributed by atoms with Gasteiger partial charge in [-0.25, -0.2) is 0 Å². The van der Waals surface area contributed by atoms with E-state index in [1.807, 2.05) is 37.3 Å². The number of benzene rings is 2. The lowest BCUT2D eigenvalue weighted by atomic mass is 10.0.